The van der Waals surface area contributed by atoms with Gasteiger partial charge in [0.1, 0.15) is 0 Å². The van der Waals surface area contributed by atoms with Crippen molar-refractivity contribution in [1.82, 2.24) is 9.88 Å². The number of aliphatic hydroxyl groups excluding tert-OH is 1. The largest absolute Gasteiger partial charge is 0.396 e. The molecule has 1 fully saturated rings. The molecule has 1 aliphatic rings. The number of rotatable bonds is 5. The number of thiazole rings is 1. The third kappa shape index (κ3) is 3.76. The summed E-state index contributed by atoms with van der Waals surface area (Å²) in [5.41, 5.74) is 0. The van der Waals surface area contributed by atoms with E-state index in [9.17, 15) is 4.79 Å². The summed E-state index contributed by atoms with van der Waals surface area (Å²) in [6.07, 6.45) is 5.83. The molecule has 0 saturated carbocycles. The molecule has 1 unspecified atom stereocenters. The second-order valence-corrected chi connectivity index (χ2v) is 5.41. The molecule has 0 aliphatic carbocycles. The summed E-state index contributed by atoms with van der Waals surface area (Å²) < 4.78 is 0. The zero-order chi connectivity index (χ0) is 12.8. The lowest BCUT2D eigenvalue weighted by molar-refractivity contribution is -0.118. The smallest absolute Gasteiger partial charge is 0.240 e. The lowest BCUT2D eigenvalue weighted by Crippen LogP contribution is -2.44. The van der Waals surface area contributed by atoms with Gasteiger partial charge in [0, 0.05) is 24.2 Å². The Labute approximate surface area is 111 Å². The van der Waals surface area contributed by atoms with Crippen LogP contribution in [-0.4, -0.2) is 46.6 Å². The number of carbonyl (C=O) groups is 1. The highest BCUT2D eigenvalue weighted by molar-refractivity contribution is 7.13. The number of piperidine rings is 1. The Balaban J connectivity index is 1.84. The minimum Gasteiger partial charge on any atom is -0.396 e. The van der Waals surface area contributed by atoms with Crippen LogP contribution in [-0.2, 0) is 4.79 Å². The monoisotopic (exact) mass is 269 g/mol. The molecule has 0 aromatic carbocycles. The molecule has 1 aliphatic heterocycles. The number of likely N-dealkylation sites (tertiary alicyclic amines) is 1. The van der Waals surface area contributed by atoms with Crippen LogP contribution in [0.25, 0.3) is 0 Å². The van der Waals surface area contributed by atoms with E-state index in [1.165, 1.54) is 17.8 Å². The fraction of sp³-hybridized carbons (Fsp3) is 0.667. The van der Waals surface area contributed by atoms with Gasteiger partial charge in [-0.1, -0.05) is 6.42 Å². The minimum absolute atomic E-state index is 0.0187. The van der Waals surface area contributed by atoms with Gasteiger partial charge in [-0.15, -0.1) is 11.3 Å². The number of nitrogens with zero attached hydrogens (tertiary/aromatic N) is 2. The Morgan fingerprint density at radius 2 is 2.50 bits per heavy atom. The van der Waals surface area contributed by atoms with Gasteiger partial charge >= 0.3 is 0 Å². The number of aromatic nitrogens is 1. The van der Waals surface area contributed by atoms with Crippen molar-refractivity contribution in [3.63, 3.8) is 0 Å². The van der Waals surface area contributed by atoms with Crippen LogP contribution in [0.15, 0.2) is 11.6 Å². The average Bonchev–Trinajstić information content (AvgIpc) is 2.84. The number of carbonyl (C=O) groups excluding carboxylic acids is 1. The molecule has 6 heteroatoms. The first-order chi connectivity index (χ1) is 8.79. The first-order valence-corrected chi connectivity index (χ1v) is 7.22. The lowest BCUT2D eigenvalue weighted by atomic mass is 10.00. The average molecular weight is 269 g/mol. The molecule has 2 N–H and O–H groups in total. The summed E-state index contributed by atoms with van der Waals surface area (Å²) in [4.78, 5) is 18.1. The summed E-state index contributed by atoms with van der Waals surface area (Å²) >= 11 is 1.42. The Morgan fingerprint density at radius 3 is 3.22 bits per heavy atom. The molecule has 1 aromatic heterocycles. The normalized spacial score (nSPS) is 20.8. The van der Waals surface area contributed by atoms with Gasteiger partial charge in [-0.25, -0.2) is 4.98 Å². The first-order valence-electron chi connectivity index (χ1n) is 6.34. The van der Waals surface area contributed by atoms with E-state index in [0.29, 0.717) is 17.7 Å². The van der Waals surface area contributed by atoms with Crippen LogP contribution in [0.4, 0.5) is 5.13 Å². The van der Waals surface area contributed by atoms with Crippen molar-refractivity contribution in [1.29, 1.82) is 0 Å². The van der Waals surface area contributed by atoms with E-state index in [1.54, 1.807) is 6.20 Å². The standard InChI is InChI=1S/C12H19N3O2S/c16-7-4-10-3-1-2-6-15(10)9-11(17)14-12-13-5-8-18-12/h5,8,10,16H,1-4,6-7,9H2,(H,13,14,17). The Bertz CT molecular complexity index is 367. The van der Waals surface area contributed by atoms with Crippen molar-refractivity contribution in [3.05, 3.63) is 11.6 Å². The van der Waals surface area contributed by atoms with Crippen LogP contribution in [0, 0.1) is 0 Å². The molecule has 0 spiro atoms. The molecule has 1 saturated heterocycles. The summed E-state index contributed by atoms with van der Waals surface area (Å²) in [6.45, 7) is 1.52. The molecule has 2 rings (SSSR count). The van der Waals surface area contributed by atoms with Gasteiger partial charge in [-0.3, -0.25) is 9.69 Å². The van der Waals surface area contributed by atoms with Crippen molar-refractivity contribution in [2.75, 3.05) is 25.0 Å². The molecule has 1 aromatic rings. The minimum atomic E-state index is -0.0187. The maximum absolute atomic E-state index is 11.9. The zero-order valence-corrected chi connectivity index (χ0v) is 11.2. The van der Waals surface area contributed by atoms with E-state index < -0.39 is 0 Å². The van der Waals surface area contributed by atoms with E-state index in [-0.39, 0.29) is 12.5 Å². The highest BCUT2D eigenvalue weighted by Crippen LogP contribution is 2.19. The molecule has 18 heavy (non-hydrogen) atoms. The van der Waals surface area contributed by atoms with Gasteiger partial charge in [0.25, 0.3) is 0 Å². The summed E-state index contributed by atoms with van der Waals surface area (Å²) in [5.74, 6) is -0.0187. The van der Waals surface area contributed by atoms with Crippen LogP contribution in [0.3, 0.4) is 0 Å². The number of hydrogen-bond acceptors (Lipinski definition) is 5. The number of hydrogen-bond donors (Lipinski definition) is 2. The molecule has 2 heterocycles. The van der Waals surface area contributed by atoms with Crippen LogP contribution in [0.5, 0.6) is 0 Å². The number of amides is 1. The van der Waals surface area contributed by atoms with Crippen LogP contribution in [0.1, 0.15) is 25.7 Å². The molecule has 100 valence electrons. The second kappa shape index (κ2) is 6.82. The molecule has 1 amide bonds. The molecule has 0 bridgehead atoms. The van der Waals surface area contributed by atoms with Crippen molar-refractivity contribution in [3.8, 4) is 0 Å². The maximum atomic E-state index is 11.9. The van der Waals surface area contributed by atoms with Crippen LogP contribution >= 0.6 is 11.3 Å². The first kappa shape index (κ1) is 13.5. The molecule has 0 radical (unpaired) electrons. The topological polar surface area (TPSA) is 65.5 Å². The fourth-order valence-electron chi connectivity index (χ4n) is 2.37. The predicted molar refractivity (Wildman–Crippen MR) is 71.7 cm³/mol. The van der Waals surface area contributed by atoms with Gasteiger partial charge in [0.15, 0.2) is 5.13 Å². The fourth-order valence-corrected chi connectivity index (χ4v) is 2.92. The van der Waals surface area contributed by atoms with Gasteiger partial charge < -0.3 is 10.4 Å². The Morgan fingerprint density at radius 1 is 1.61 bits per heavy atom. The number of aliphatic hydroxyl groups is 1. The van der Waals surface area contributed by atoms with Gasteiger partial charge in [-0.05, 0) is 25.8 Å². The van der Waals surface area contributed by atoms with Gasteiger partial charge in [0.05, 0.1) is 6.54 Å². The van der Waals surface area contributed by atoms with Gasteiger partial charge in [0.2, 0.25) is 5.91 Å². The van der Waals surface area contributed by atoms with E-state index in [1.807, 2.05) is 5.38 Å². The van der Waals surface area contributed by atoms with Crippen molar-refractivity contribution < 1.29 is 9.90 Å². The molecular formula is C12H19N3O2S. The molecule has 1 atom stereocenters. The Hall–Kier alpha value is -0.980. The number of anilines is 1. The predicted octanol–water partition coefficient (Wildman–Crippen LogP) is 1.32. The summed E-state index contributed by atoms with van der Waals surface area (Å²) in [5, 5.41) is 14.3. The quantitative estimate of drug-likeness (QED) is 0.846. The van der Waals surface area contributed by atoms with E-state index in [4.69, 9.17) is 5.11 Å². The third-order valence-electron chi connectivity index (χ3n) is 3.24. The SMILES string of the molecule is O=C(CN1CCCCC1CCO)Nc1nccs1. The lowest BCUT2D eigenvalue weighted by Gasteiger charge is -2.34. The highest BCUT2D eigenvalue weighted by Gasteiger charge is 2.23. The zero-order valence-electron chi connectivity index (χ0n) is 10.3. The van der Waals surface area contributed by atoms with E-state index in [0.717, 1.165) is 25.8 Å². The molecule has 5 nitrogen and oxygen atoms in total. The van der Waals surface area contributed by atoms with Gasteiger partial charge in [-0.2, -0.15) is 0 Å². The highest BCUT2D eigenvalue weighted by atomic mass is 32.1. The number of nitrogens with one attached hydrogen (secondary N) is 1. The maximum Gasteiger partial charge on any atom is 0.240 e. The van der Waals surface area contributed by atoms with Crippen LogP contribution in [0.2, 0.25) is 0 Å². The summed E-state index contributed by atoms with van der Waals surface area (Å²) in [7, 11) is 0. The second-order valence-electron chi connectivity index (χ2n) is 4.52. The van der Waals surface area contributed by atoms with Crippen molar-refractivity contribution >= 4 is 22.4 Å². The van der Waals surface area contributed by atoms with Crippen molar-refractivity contribution in [2.45, 2.75) is 31.7 Å². The Kier molecular flexibility index (Phi) is 5.10. The van der Waals surface area contributed by atoms with Crippen molar-refractivity contribution in [2.24, 2.45) is 0 Å². The summed E-state index contributed by atoms with van der Waals surface area (Å²) in [6, 6.07) is 0.339. The van der Waals surface area contributed by atoms with E-state index >= 15 is 0 Å². The third-order valence-corrected chi connectivity index (χ3v) is 3.93. The molecular weight excluding hydrogens is 250 g/mol. The van der Waals surface area contributed by atoms with Crippen LogP contribution < -0.4 is 5.32 Å². The van der Waals surface area contributed by atoms with E-state index in [2.05, 4.69) is 15.2 Å².